The van der Waals surface area contributed by atoms with Gasteiger partial charge in [0.05, 0.1) is 0 Å². The van der Waals surface area contributed by atoms with E-state index in [0.717, 1.165) is 18.4 Å². The second-order valence-corrected chi connectivity index (χ2v) is 5.03. The molecule has 0 radical (unpaired) electrons. The van der Waals surface area contributed by atoms with Gasteiger partial charge in [0.1, 0.15) is 5.75 Å². The third kappa shape index (κ3) is 2.27. The number of phenols is 1. The minimum absolute atomic E-state index is 0.115. The number of aryl methyl sites for hydroxylation is 1. The van der Waals surface area contributed by atoms with Crippen molar-refractivity contribution in [1.29, 1.82) is 0 Å². The molecule has 0 aliphatic carbocycles. The fraction of sp³-hybridized carbons (Fsp3) is 0.500. The van der Waals surface area contributed by atoms with Gasteiger partial charge in [0, 0.05) is 5.16 Å². The number of aromatic hydroxyl groups is 1. The van der Waals surface area contributed by atoms with Crippen molar-refractivity contribution in [2.24, 2.45) is 0 Å². The maximum absolute atomic E-state index is 9.54. The summed E-state index contributed by atoms with van der Waals surface area (Å²) >= 11 is 0. The first-order chi connectivity index (χ1) is 6.51. The lowest BCUT2D eigenvalue weighted by Crippen LogP contribution is -2.15. The lowest BCUT2D eigenvalue weighted by molar-refractivity contribution is 0.471. The Morgan fingerprint density at radius 1 is 1.21 bits per heavy atom. The van der Waals surface area contributed by atoms with E-state index >= 15 is 0 Å². The minimum Gasteiger partial charge on any atom is -0.508 e. The number of rotatable bonds is 3. The maximum Gasteiger partial charge on any atom is 0.116 e. The Kier molecular flexibility index (Phi) is 3.55. The number of phenolic OH excluding ortho intramolecular Hbond substituents is 1. The van der Waals surface area contributed by atoms with E-state index < -0.39 is 0 Å². The van der Waals surface area contributed by atoms with Crippen LogP contribution in [0.15, 0.2) is 18.2 Å². The molecule has 0 amide bonds. The van der Waals surface area contributed by atoms with Gasteiger partial charge in [-0.1, -0.05) is 19.9 Å². The van der Waals surface area contributed by atoms with Crippen LogP contribution in [0.2, 0.25) is 0 Å². The monoisotopic (exact) mass is 210 g/mol. The third-order valence-corrected chi connectivity index (χ3v) is 4.05. The average Bonchev–Trinajstić information content (AvgIpc) is 2.15. The molecule has 1 rings (SSSR count). The van der Waals surface area contributed by atoms with Crippen LogP contribution in [0.3, 0.4) is 0 Å². The first kappa shape index (κ1) is 11.5. The van der Waals surface area contributed by atoms with Gasteiger partial charge in [-0.25, -0.2) is 0 Å². The molecule has 1 N–H and O–H groups in total. The van der Waals surface area contributed by atoms with Crippen LogP contribution in [0.1, 0.15) is 37.8 Å². The molecule has 1 atom stereocenters. The van der Waals surface area contributed by atoms with Gasteiger partial charge >= 0.3 is 0 Å². The molecule has 0 aliphatic heterocycles. The van der Waals surface area contributed by atoms with E-state index in [0.29, 0.717) is 5.75 Å². The first-order valence-electron chi connectivity index (χ1n) is 5.12. The van der Waals surface area contributed by atoms with E-state index in [1.165, 1.54) is 5.56 Å². The Labute approximate surface area is 88.7 Å². The second-order valence-electron chi connectivity index (χ2n) is 3.92. The molecule has 2 heteroatoms. The Morgan fingerprint density at radius 3 is 2.21 bits per heavy atom. The Balaban J connectivity index is 3.17. The Morgan fingerprint density at radius 2 is 1.79 bits per heavy atom. The molecule has 1 nitrogen and oxygen atoms in total. The molecule has 1 unspecified atom stereocenters. The van der Waals surface area contributed by atoms with Crippen LogP contribution in [0.25, 0.3) is 0 Å². The van der Waals surface area contributed by atoms with Crippen LogP contribution in [-0.2, 0) is 5.16 Å². The summed E-state index contributed by atoms with van der Waals surface area (Å²) in [6.45, 7) is 6.37. The summed E-state index contributed by atoms with van der Waals surface area (Å²) in [6, 6.07) is 5.81. The average molecular weight is 210 g/mol. The molecule has 0 bridgehead atoms. The summed E-state index contributed by atoms with van der Waals surface area (Å²) in [6.07, 6.45) is 2.13. The van der Waals surface area contributed by atoms with Gasteiger partial charge < -0.3 is 5.11 Å². The quantitative estimate of drug-likeness (QED) is 0.756. The topological polar surface area (TPSA) is 20.2 Å². The smallest absolute Gasteiger partial charge is 0.116 e. The van der Waals surface area contributed by atoms with Gasteiger partial charge in [-0.3, -0.25) is 0 Å². The molecular formula is C12H19OP. The SMILES string of the molecule is CCC(P)(CC)c1cc(C)cc(O)c1. The van der Waals surface area contributed by atoms with Gasteiger partial charge in [0.2, 0.25) is 0 Å². The Bertz CT molecular complexity index is 296. The van der Waals surface area contributed by atoms with E-state index in [1.807, 2.05) is 13.0 Å². The van der Waals surface area contributed by atoms with E-state index in [4.69, 9.17) is 0 Å². The summed E-state index contributed by atoms with van der Waals surface area (Å²) in [7, 11) is 2.92. The minimum atomic E-state index is 0.115. The van der Waals surface area contributed by atoms with Crippen LogP contribution in [0.4, 0.5) is 0 Å². The molecule has 1 aromatic carbocycles. The molecule has 0 aromatic heterocycles. The predicted molar refractivity (Wildman–Crippen MR) is 64.8 cm³/mol. The lowest BCUT2D eigenvalue weighted by atomic mass is 9.91. The van der Waals surface area contributed by atoms with Crippen molar-refractivity contribution >= 4 is 9.24 Å². The zero-order chi connectivity index (χ0) is 10.8. The number of hydrogen-bond donors (Lipinski definition) is 1. The zero-order valence-electron chi connectivity index (χ0n) is 9.17. The highest BCUT2D eigenvalue weighted by atomic mass is 31.0. The summed E-state index contributed by atoms with van der Waals surface area (Å²) < 4.78 is 0. The highest BCUT2D eigenvalue weighted by molar-refractivity contribution is 7.18. The van der Waals surface area contributed by atoms with E-state index in [-0.39, 0.29) is 5.16 Å². The molecule has 78 valence electrons. The first-order valence-corrected chi connectivity index (χ1v) is 5.69. The van der Waals surface area contributed by atoms with E-state index in [9.17, 15) is 5.11 Å². The lowest BCUT2D eigenvalue weighted by Gasteiger charge is -2.27. The summed E-state index contributed by atoms with van der Waals surface area (Å²) in [4.78, 5) is 0. The van der Waals surface area contributed by atoms with Crippen molar-refractivity contribution < 1.29 is 5.11 Å². The highest BCUT2D eigenvalue weighted by Gasteiger charge is 2.22. The van der Waals surface area contributed by atoms with Crippen LogP contribution < -0.4 is 0 Å². The van der Waals surface area contributed by atoms with Crippen LogP contribution >= 0.6 is 9.24 Å². The fourth-order valence-electron chi connectivity index (χ4n) is 1.71. The van der Waals surface area contributed by atoms with E-state index in [2.05, 4.69) is 29.2 Å². The fourth-order valence-corrected chi connectivity index (χ4v) is 1.88. The van der Waals surface area contributed by atoms with Crippen molar-refractivity contribution in [3.05, 3.63) is 29.3 Å². The molecule has 0 spiro atoms. The highest BCUT2D eigenvalue weighted by Crippen LogP contribution is 2.39. The summed E-state index contributed by atoms with van der Waals surface area (Å²) in [5, 5.41) is 9.65. The van der Waals surface area contributed by atoms with Crippen molar-refractivity contribution in [3.8, 4) is 5.75 Å². The predicted octanol–water partition coefficient (Wildman–Crippen LogP) is 3.59. The van der Waals surface area contributed by atoms with Gasteiger partial charge in [-0.15, -0.1) is 9.24 Å². The number of benzene rings is 1. The molecule has 0 saturated carbocycles. The van der Waals surface area contributed by atoms with Crippen molar-refractivity contribution in [1.82, 2.24) is 0 Å². The molecule has 0 fully saturated rings. The third-order valence-electron chi connectivity index (χ3n) is 2.90. The van der Waals surface area contributed by atoms with Crippen molar-refractivity contribution in [2.45, 2.75) is 38.8 Å². The van der Waals surface area contributed by atoms with Gasteiger partial charge in [-0.2, -0.15) is 0 Å². The maximum atomic E-state index is 9.54. The van der Waals surface area contributed by atoms with Gasteiger partial charge in [-0.05, 0) is 43.0 Å². The van der Waals surface area contributed by atoms with Crippen molar-refractivity contribution in [3.63, 3.8) is 0 Å². The normalized spacial score (nSPS) is 11.7. The zero-order valence-corrected chi connectivity index (χ0v) is 10.3. The molecule has 1 aromatic rings. The summed E-state index contributed by atoms with van der Waals surface area (Å²) in [5.74, 6) is 0.369. The van der Waals surface area contributed by atoms with Crippen LogP contribution in [-0.4, -0.2) is 5.11 Å². The van der Waals surface area contributed by atoms with Gasteiger partial charge in [0.25, 0.3) is 0 Å². The standard InChI is InChI=1S/C12H19OP/c1-4-12(14,5-2)10-6-9(3)7-11(13)8-10/h6-8,13H,4-5,14H2,1-3H3. The van der Waals surface area contributed by atoms with Crippen molar-refractivity contribution in [2.75, 3.05) is 0 Å². The van der Waals surface area contributed by atoms with Gasteiger partial charge in [0.15, 0.2) is 0 Å². The molecular weight excluding hydrogens is 191 g/mol. The molecule has 0 saturated heterocycles. The molecule has 0 heterocycles. The van der Waals surface area contributed by atoms with Crippen LogP contribution in [0, 0.1) is 6.92 Å². The number of hydrogen-bond acceptors (Lipinski definition) is 1. The van der Waals surface area contributed by atoms with E-state index in [1.54, 1.807) is 6.07 Å². The molecule has 0 aliphatic rings. The van der Waals surface area contributed by atoms with Crippen LogP contribution in [0.5, 0.6) is 5.75 Å². The molecule has 14 heavy (non-hydrogen) atoms. The Hall–Kier alpha value is -0.550. The largest absolute Gasteiger partial charge is 0.508 e. The summed E-state index contributed by atoms with van der Waals surface area (Å²) in [5.41, 5.74) is 2.33. The second kappa shape index (κ2) is 4.31.